The Morgan fingerprint density at radius 2 is 2.16 bits per heavy atom. The number of anilines is 1. The number of benzene rings is 1. The van der Waals surface area contributed by atoms with Gasteiger partial charge in [-0.15, -0.1) is 0 Å². The van der Waals surface area contributed by atoms with E-state index in [1.807, 2.05) is 30.3 Å². The van der Waals surface area contributed by atoms with Crippen LogP contribution in [0.3, 0.4) is 0 Å². The van der Waals surface area contributed by atoms with E-state index in [1.165, 1.54) is 7.11 Å². The molecule has 3 heterocycles. The molecule has 1 aromatic carbocycles. The monoisotopic (exact) mass is 428 g/mol. The molecule has 3 aromatic rings. The van der Waals surface area contributed by atoms with Crippen molar-refractivity contribution in [3.05, 3.63) is 47.3 Å². The number of methoxy groups -OCH3 is 1. The molecular formula is C23H20N6O3. The molecule has 32 heavy (non-hydrogen) atoms. The van der Waals surface area contributed by atoms with E-state index in [4.69, 9.17) is 4.74 Å². The number of carbonyl (C=O) groups is 2. The van der Waals surface area contributed by atoms with Crippen LogP contribution in [0.4, 0.5) is 5.82 Å². The number of esters is 1. The van der Waals surface area contributed by atoms with Crippen molar-refractivity contribution in [2.24, 2.45) is 5.92 Å². The molecule has 1 saturated heterocycles. The lowest BCUT2D eigenvalue weighted by atomic mass is 10.1. The molecule has 0 radical (unpaired) electrons. The Morgan fingerprint density at radius 3 is 2.81 bits per heavy atom. The second-order valence-electron chi connectivity index (χ2n) is 7.28. The molecule has 4 rings (SSSR count). The third-order valence-electron chi connectivity index (χ3n) is 5.30. The lowest BCUT2D eigenvalue weighted by Gasteiger charge is -2.06. The van der Waals surface area contributed by atoms with Crippen LogP contribution in [-0.4, -0.2) is 59.3 Å². The minimum Gasteiger partial charge on any atom is -0.464 e. The number of hydrogen-bond acceptors (Lipinski definition) is 7. The number of likely N-dealkylation sites (tertiary alicyclic amines) is 1. The molecule has 9 heteroatoms. The summed E-state index contributed by atoms with van der Waals surface area (Å²) in [4.78, 5) is 30.4. The van der Waals surface area contributed by atoms with E-state index in [1.54, 1.807) is 29.7 Å². The topological polar surface area (TPSA) is 113 Å². The van der Waals surface area contributed by atoms with Crippen LogP contribution in [0.5, 0.6) is 0 Å². The zero-order valence-electron chi connectivity index (χ0n) is 17.8. The van der Waals surface area contributed by atoms with E-state index in [-0.39, 0.29) is 23.2 Å². The second-order valence-corrected chi connectivity index (χ2v) is 7.28. The highest BCUT2D eigenvalue weighted by molar-refractivity contribution is 6.07. The van der Waals surface area contributed by atoms with Crippen molar-refractivity contribution >= 4 is 28.6 Å². The lowest BCUT2D eigenvalue weighted by Crippen LogP contribution is -2.21. The molecule has 1 unspecified atom stereocenters. The summed E-state index contributed by atoms with van der Waals surface area (Å²) in [6.45, 7) is 0.705. The normalized spacial score (nSPS) is 15.2. The van der Waals surface area contributed by atoms with Gasteiger partial charge in [0.15, 0.2) is 5.69 Å². The maximum atomic E-state index is 12.4. The van der Waals surface area contributed by atoms with Crippen LogP contribution < -0.4 is 5.32 Å². The molecule has 0 aliphatic carbocycles. The summed E-state index contributed by atoms with van der Waals surface area (Å²) in [7, 11) is 4.71. The predicted molar refractivity (Wildman–Crippen MR) is 117 cm³/mol. The Hall–Kier alpha value is -4.37. The van der Waals surface area contributed by atoms with Gasteiger partial charge in [-0.05, 0) is 24.6 Å². The van der Waals surface area contributed by atoms with Crippen LogP contribution in [0.25, 0.3) is 16.6 Å². The van der Waals surface area contributed by atoms with Gasteiger partial charge >= 0.3 is 5.97 Å². The van der Waals surface area contributed by atoms with Crippen molar-refractivity contribution in [1.29, 1.82) is 5.26 Å². The second kappa shape index (κ2) is 8.40. The summed E-state index contributed by atoms with van der Waals surface area (Å²) in [5.41, 5.74) is 2.14. The molecule has 1 amide bonds. The van der Waals surface area contributed by atoms with Crippen LogP contribution in [0.2, 0.25) is 0 Å². The first-order valence-corrected chi connectivity index (χ1v) is 9.93. The van der Waals surface area contributed by atoms with Gasteiger partial charge in [0.05, 0.1) is 23.7 Å². The molecule has 0 spiro atoms. The average molecular weight is 428 g/mol. The van der Waals surface area contributed by atoms with Crippen molar-refractivity contribution in [3.8, 4) is 23.6 Å². The van der Waals surface area contributed by atoms with Crippen molar-refractivity contribution in [3.63, 3.8) is 0 Å². The van der Waals surface area contributed by atoms with E-state index in [0.717, 1.165) is 0 Å². The van der Waals surface area contributed by atoms with Crippen LogP contribution in [-0.2, 0) is 9.53 Å². The highest BCUT2D eigenvalue weighted by Crippen LogP contribution is 2.29. The first-order chi connectivity index (χ1) is 15.5. The molecule has 9 nitrogen and oxygen atoms in total. The third-order valence-corrected chi connectivity index (χ3v) is 5.30. The number of fused-ring (bicyclic) bond motifs is 1. The minimum atomic E-state index is -0.614. The number of aromatic nitrogens is 3. The van der Waals surface area contributed by atoms with E-state index in [0.29, 0.717) is 40.9 Å². The fourth-order valence-corrected chi connectivity index (χ4v) is 3.65. The van der Waals surface area contributed by atoms with Gasteiger partial charge in [-0.3, -0.25) is 4.79 Å². The molecule has 2 aromatic heterocycles. The summed E-state index contributed by atoms with van der Waals surface area (Å²) in [6, 6.07) is 10.9. The number of nitrogens with one attached hydrogen (secondary N) is 1. The Labute approximate surface area is 184 Å². The molecular weight excluding hydrogens is 408 g/mol. The van der Waals surface area contributed by atoms with Crippen molar-refractivity contribution in [2.75, 3.05) is 33.1 Å². The summed E-state index contributed by atoms with van der Waals surface area (Å²) < 4.78 is 6.45. The lowest BCUT2D eigenvalue weighted by molar-refractivity contribution is -0.128. The van der Waals surface area contributed by atoms with Crippen molar-refractivity contribution < 1.29 is 14.3 Å². The third kappa shape index (κ3) is 3.61. The van der Waals surface area contributed by atoms with Gasteiger partial charge in [0.1, 0.15) is 23.5 Å². The minimum absolute atomic E-state index is 0.0329. The fourth-order valence-electron chi connectivity index (χ4n) is 3.65. The summed E-state index contributed by atoms with van der Waals surface area (Å²) in [5.74, 6) is 5.60. The van der Waals surface area contributed by atoms with E-state index >= 15 is 0 Å². The first kappa shape index (κ1) is 20.9. The number of nitriles is 1. The molecule has 1 fully saturated rings. The molecule has 1 atom stereocenters. The van der Waals surface area contributed by atoms with Gasteiger partial charge in [-0.2, -0.15) is 10.4 Å². The van der Waals surface area contributed by atoms with Gasteiger partial charge in [-0.1, -0.05) is 17.9 Å². The summed E-state index contributed by atoms with van der Waals surface area (Å²) in [5, 5.41) is 17.2. The number of hydrogen-bond donors (Lipinski definition) is 1. The Bertz CT molecular complexity index is 1340. The molecule has 1 aliphatic heterocycles. The van der Waals surface area contributed by atoms with Crippen molar-refractivity contribution in [1.82, 2.24) is 19.7 Å². The Kier molecular flexibility index (Phi) is 5.48. The van der Waals surface area contributed by atoms with Gasteiger partial charge in [0.25, 0.3) is 0 Å². The number of ether oxygens (including phenoxy) is 1. The zero-order chi connectivity index (χ0) is 22.8. The van der Waals surface area contributed by atoms with E-state index in [9.17, 15) is 14.9 Å². The zero-order valence-corrected chi connectivity index (χ0v) is 17.8. The molecule has 160 valence electrons. The van der Waals surface area contributed by atoms with E-state index < -0.39 is 5.97 Å². The smallest absolute Gasteiger partial charge is 0.359 e. The quantitative estimate of drug-likeness (QED) is 0.501. The molecule has 0 bridgehead atoms. The van der Waals surface area contributed by atoms with Gasteiger partial charge in [-0.25, -0.2) is 14.5 Å². The van der Waals surface area contributed by atoms with E-state index in [2.05, 4.69) is 27.2 Å². The predicted octanol–water partition coefficient (Wildman–Crippen LogP) is 1.95. The molecule has 1 N–H and O–H groups in total. The van der Waals surface area contributed by atoms with Crippen LogP contribution in [0.1, 0.15) is 28.2 Å². The maximum absolute atomic E-state index is 12.4. The summed E-state index contributed by atoms with van der Waals surface area (Å²) >= 11 is 0. The Morgan fingerprint density at radius 1 is 1.34 bits per heavy atom. The number of carbonyl (C=O) groups excluding carboxylic acids is 2. The standard InChI is InChI=1S/C23H20N6O3/c1-25-21-19-18(12-16(13-24)26-21)29(27-20(19)23(31)32-3)17-6-4-5-14(11-17)7-8-15-9-10-28(2)22(15)30/h4-6,11-12,15H,9-10H2,1-3H3,(H,25,26). The van der Waals surface area contributed by atoms with Gasteiger partial charge in [0, 0.05) is 32.3 Å². The SMILES string of the molecule is CNc1nc(C#N)cc2c1c(C(=O)OC)nn2-c1cccc(C#CC2CCN(C)C2=O)c1. The first-order valence-electron chi connectivity index (χ1n) is 9.93. The molecule has 1 aliphatic rings. The van der Waals surface area contributed by atoms with Crippen molar-refractivity contribution in [2.45, 2.75) is 6.42 Å². The fraction of sp³-hybridized carbons (Fsp3) is 0.261. The molecule has 0 saturated carbocycles. The van der Waals surface area contributed by atoms with Gasteiger partial charge in [0.2, 0.25) is 5.91 Å². The number of rotatable bonds is 3. The highest BCUT2D eigenvalue weighted by Gasteiger charge is 2.27. The number of pyridine rings is 1. The van der Waals surface area contributed by atoms with Crippen LogP contribution in [0.15, 0.2) is 30.3 Å². The highest BCUT2D eigenvalue weighted by atomic mass is 16.5. The number of amides is 1. The largest absolute Gasteiger partial charge is 0.464 e. The Balaban J connectivity index is 1.84. The maximum Gasteiger partial charge on any atom is 0.359 e. The number of nitrogens with zero attached hydrogens (tertiary/aromatic N) is 5. The van der Waals surface area contributed by atoms with Crippen LogP contribution >= 0.6 is 0 Å². The summed E-state index contributed by atoms with van der Waals surface area (Å²) in [6.07, 6.45) is 0.713. The van der Waals surface area contributed by atoms with Crippen LogP contribution in [0, 0.1) is 29.1 Å². The average Bonchev–Trinajstić information content (AvgIpc) is 3.36. The van der Waals surface area contributed by atoms with Gasteiger partial charge < -0.3 is 15.0 Å².